The van der Waals surface area contributed by atoms with Crippen LogP contribution in [-0.4, -0.2) is 48.4 Å². The molecule has 1 fully saturated rings. The average molecular weight is 359 g/mol. The smallest absolute Gasteiger partial charge is 0.238 e. The Balaban J connectivity index is 1.48. The molecule has 3 rings (SSSR count). The van der Waals surface area contributed by atoms with Crippen LogP contribution in [0.15, 0.2) is 48.5 Å². The molecule has 1 N–H and O–H groups in total. The number of hydrogen-bond donors (Lipinski definition) is 1. The molecular formula is C20H23F2N3O. The molecule has 0 aromatic heterocycles. The van der Waals surface area contributed by atoms with Crippen molar-refractivity contribution in [2.75, 3.05) is 38.0 Å². The zero-order valence-corrected chi connectivity index (χ0v) is 14.6. The van der Waals surface area contributed by atoms with Crippen molar-refractivity contribution < 1.29 is 13.6 Å². The number of carbonyl (C=O) groups excluding carboxylic acids is 1. The minimum Gasteiger partial charge on any atom is -0.325 e. The predicted molar refractivity (Wildman–Crippen MR) is 97.8 cm³/mol. The predicted octanol–water partition coefficient (Wildman–Crippen LogP) is 3.11. The zero-order chi connectivity index (χ0) is 18.4. The zero-order valence-electron chi connectivity index (χ0n) is 14.6. The molecule has 0 aliphatic carbocycles. The number of anilines is 1. The maximum Gasteiger partial charge on any atom is 0.238 e. The van der Waals surface area contributed by atoms with Crippen LogP contribution in [0.25, 0.3) is 0 Å². The number of carbonyl (C=O) groups is 1. The number of nitrogens with one attached hydrogen (secondary N) is 1. The second kappa shape index (κ2) is 8.87. The van der Waals surface area contributed by atoms with Gasteiger partial charge in [-0.3, -0.25) is 14.6 Å². The Morgan fingerprint density at radius 2 is 1.58 bits per heavy atom. The summed E-state index contributed by atoms with van der Waals surface area (Å²) in [6.45, 7) is 4.62. The van der Waals surface area contributed by atoms with Gasteiger partial charge in [0.2, 0.25) is 5.91 Å². The van der Waals surface area contributed by atoms with Gasteiger partial charge in [0, 0.05) is 31.4 Å². The van der Waals surface area contributed by atoms with Gasteiger partial charge in [-0.2, -0.15) is 0 Å². The van der Waals surface area contributed by atoms with Gasteiger partial charge in [-0.15, -0.1) is 0 Å². The first-order valence-electron chi connectivity index (χ1n) is 8.83. The van der Waals surface area contributed by atoms with E-state index in [0.717, 1.165) is 57.3 Å². The monoisotopic (exact) mass is 359 g/mol. The minimum atomic E-state index is -0.702. The molecule has 0 spiro atoms. The SMILES string of the molecule is O=C(CN1CCCN(Cc2ccccc2)CC1)Nc1cc(F)cc(F)c1. The lowest BCUT2D eigenvalue weighted by molar-refractivity contribution is -0.117. The summed E-state index contributed by atoms with van der Waals surface area (Å²) in [4.78, 5) is 16.6. The second-order valence-corrected chi connectivity index (χ2v) is 6.60. The van der Waals surface area contributed by atoms with Gasteiger partial charge in [0.25, 0.3) is 0 Å². The standard InChI is InChI=1S/C20H23F2N3O/c21-17-11-18(22)13-19(12-17)23-20(26)15-25-8-4-7-24(9-10-25)14-16-5-2-1-3-6-16/h1-3,5-6,11-13H,4,7-10,14-15H2,(H,23,26). The number of amides is 1. The largest absolute Gasteiger partial charge is 0.325 e. The van der Waals surface area contributed by atoms with Gasteiger partial charge < -0.3 is 5.32 Å². The molecule has 0 atom stereocenters. The lowest BCUT2D eigenvalue weighted by Gasteiger charge is -2.21. The van der Waals surface area contributed by atoms with Crippen molar-refractivity contribution >= 4 is 11.6 Å². The molecule has 138 valence electrons. The summed E-state index contributed by atoms with van der Waals surface area (Å²) in [5, 5.41) is 2.57. The first-order chi connectivity index (χ1) is 12.6. The maximum absolute atomic E-state index is 13.2. The first kappa shape index (κ1) is 18.5. The van der Waals surface area contributed by atoms with Crippen LogP contribution in [0.2, 0.25) is 0 Å². The molecule has 1 aliphatic heterocycles. The fourth-order valence-electron chi connectivity index (χ4n) is 3.21. The molecule has 2 aromatic carbocycles. The van der Waals surface area contributed by atoms with E-state index in [4.69, 9.17) is 0 Å². The molecule has 1 aliphatic rings. The third kappa shape index (κ3) is 5.61. The van der Waals surface area contributed by atoms with Crippen LogP contribution in [0.1, 0.15) is 12.0 Å². The van der Waals surface area contributed by atoms with Crippen molar-refractivity contribution in [3.63, 3.8) is 0 Å². The summed E-state index contributed by atoms with van der Waals surface area (Å²) in [6.07, 6.45) is 0.981. The topological polar surface area (TPSA) is 35.6 Å². The average Bonchev–Trinajstić information content (AvgIpc) is 2.80. The molecule has 6 heteroatoms. The van der Waals surface area contributed by atoms with Gasteiger partial charge in [-0.1, -0.05) is 30.3 Å². The summed E-state index contributed by atoms with van der Waals surface area (Å²) in [7, 11) is 0. The van der Waals surface area contributed by atoms with Crippen LogP contribution >= 0.6 is 0 Å². The summed E-state index contributed by atoms with van der Waals surface area (Å²) in [5.74, 6) is -1.66. The van der Waals surface area contributed by atoms with E-state index in [2.05, 4.69) is 27.2 Å². The Morgan fingerprint density at radius 3 is 2.31 bits per heavy atom. The highest BCUT2D eigenvalue weighted by Crippen LogP contribution is 2.13. The van der Waals surface area contributed by atoms with E-state index in [1.807, 2.05) is 18.2 Å². The van der Waals surface area contributed by atoms with E-state index in [0.29, 0.717) is 0 Å². The number of rotatable bonds is 5. The minimum absolute atomic E-state index is 0.146. The Hall–Kier alpha value is -2.31. The van der Waals surface area contributed by atoms with Gasteiger partial charge in [0.1, 0.15) is 11.6 Å². The van der Waals surface area contributed by atoms with Crippen molar-refractivity contribution in [1.82, 2.24) is 9.80 Å². The van der Waals surface area contributed by atoms with E-state index in [-0.39, 0.29) is 18.1 Å². The van der Waals surface area contributed by atoms with Crippen LogP contribution in [0, 0.1) is 11.6 Å². The number of halogens is 2. The van der Waals surface area contributed by atoms with Crippen LogP contribution in [-0.2, 0) is 11.3 Å². The van der Waals surface area contributed by atoms with Crippen LogP contribution in [0.4, 0.5) is 14.5 Å². The molecule has 1 amide bonds. The normalized spacial score (nSPS) is 16.2. The quantitative estimate of drug-likeness (QED) is 0.891. The van der Waals surface area contributed by atoms with Crippen LogP contribution < -0.4 is 5.32 Å². The second-order valence-electron chi connectivity index (χ2n) is 6.60. The van der Waals surface area contributed by atoms with Gasteiger partial charge in [-0.05, 0) is 37.2 Å². The number of nitrogens with zero attached hydrogens (tertiary/aromatic N) is 2. The Kier molecular flexibility index (Phi) is 6.30. The number of benzene rings is 2. The van der Waals surface area contributed by atoms with E-state index in [1.165, 1.54) is 5.56 Å². The highest BCUT2D eigenvalue weighted by Gasteiger charge is 2.17. The fourth-order valence-corrected chi connectivity index (χ4v) is 3.21. The van der Waals surface area contributed by atoms with E-state index in [9.17, 15) is 13.6 Å². The van der Waals surface area contributed by atoms with Crippen molar-refractivity contribution in [1.29, 1.82) is 0 Å². The van der Waals surface area contributed by atoms with Gasteiger partial charge >= 0.3 is 0 Å². The molecule has 1 heterocycles. The molecule has 0 saturated carbocycles. The molecular weight excluding hydrogens is 336 g/mol. The molecule has 4 nitrogen and oxygen atoms in total. The van der Waals surface area contributed by atoms with Crippen molar-refractivity contribution in [3.05, 3.63) is 65.7 Å². The molecule has 26 heavy (non-hydrogen) atoms. The lowest BCUT2D eigenvalue weighted by Crippen LogP contribution is -2.36. The van der Waals surface area contributed by atoms with Gasteiger partial charge in [0.15, 0.2) is 0 Å². The Morgan fingerprint density at radius 1 is 0.923 bits per heavy atom. The molecule has 1 saturated heterocycles. The third-order valence-corrected chi connectivity index (χ3v) is 4.44. The van der Waals surface area contributed by atoms with Gasteiger partial charge in [-0.25, -0.2) is 8.78 Å². The summed E-state index contributed by atoms with van der Waals surface area (Å²) in [5.41, 5.74) is 1.43. The number of hydrogen-bond acceptors (Lipinski definition) is 3. The van der Waals surface area contributed by atoms with Crippen LogP contribution in [0.3, 0.4) is 0 Å². The van der Waals surface area contributed by atoms with Gasteiger partial charge in [0.05, 0.1) is 6.54 Å². The molecule has 2 aromatic rings. The van der Waals surface area contributed by atoms with E-state index >= 15 is 0 Å². The Bertz CT molecular complexity index is 719. The highest BCUT2D eigenvalue weighted by atomic mass is 19.1. The lowest BCUT2D eigenvalue weighted by atomic mass is 10.2. The summed E-state index contributed by atoms with van der Waals surface area (Å²) in [6, 6.07) is 13.3. The maximum atomic E-state index is 13.2. The molecule has 0 unspecified atom stereocenters. The summed E-state index contributed by atoms with van der Waals surface area (Å²) < 4.78 is 26.4. The van der Waals surface area contributed by atoms with E-state index in [1.54, 1.807) is 0 Å². The highest BCUT2D eigenvalue weighted by molar-refractivity contribution is 5.92. The summed E-state index contributed by atoms with van der Waals surface area (Å²) >= 11 is 0. The molecule has 0 bridgehead atoms. The first-order valence-corrected chi connectivity index (χ1v) is 8.83. The Labute approximate surface area is 152 Å². The van der Waals surface area contributed by atoms with Crippen molar-refractivity contribution in [2.45, 2.75) is 13.0 Å². The van der Waals surface area contributed by atoms with E-state index < -0.39 is 11.6 Å². The third-order valence-electron chi connectivity index (χ3n) is 4.44. The van der Waals surface area contributed by atoms with Crippen molar-refractivity contribution in [2.24, 2.45) is 0 Å². The molecule has 0 radical (unpaired) electrons. The van der Waals surface area contributed by atoms with Crippen molar-refractivity contribution in [3.8, 4) is 0 Å². The van der Waals surface area contributed by atoms with Crippen LogP contribution in [0.5, 0.6) is 0 Å². The fraction of sp³-hybridized carbons (Fsp3) is 0.350.